The Kier molecular flexibility index (Phi) is 6.68. The van der Waals surface area contributed by atoms with E-state index in [-0.39, 0.29) is 11.1 Å². The Bertz CT molecular complexity index is 1220. The summed E-state index contributed by atoms with van der Waals surface area (Å²) >= 11 is 0. The van der Waals surface area contributed by atoms with Gasteiger partial charge >= 0.3 is 0 Å². The molecule has 0 atom stereocenters. The lowest BCUT2D eigenvalue weighted by atomic mass is 10.0. The average molecular weight is 474 g/mol. The second kappa shape index (κ2) is 9.65. The van der Waals surface area contributed by atoms with E-state index in [9.17, 15) is 8.42 Å². The van der Waals surface area contributed by atoms with Crippen LogP contribution in [0.5, 0.6) is 17.2 Å². The van der Waals surface area contributed by atoms with Gasteiger partial charge in [-0.3, -0.25) is 4.72 Å². The van der Waals surface area contributed by atoms with Gasteiger partial charge in [0, 0.05) is 17.8 Å². The van der Waals surface area contributed by atoms with Gasteiger partial charge in [-0.15, -0.1) is 0 Å². The molecule has 0 amide bonds. The lowest BCUT2D eigenvalue weighted by Gasteiger charge is -2.22. The molecule has 33 heavy (non-hydrogen) atoms. The summed E-state index contributed by atoms with van der Waals surface area (Å²) < 4.78 is 44.2. The van der Waals surface area contributed by atoms with Crippen LogP contribution in [0.3, 0.4) is 0 Å². The number of hydrogen-bond acceptors (Lipinski definition) is 9. The molecular weight excluding hydrogens is 446 g/mol. The molecule has 0 radical (unpaired) electrons. The van der Waals surface area contributed by atoms with E-state index in [1.165, 1.54) is 21.3 Å². The highest BCUT2D eigenvalue weighted by molar-refractivity contribution is 7.93. The molecule has 0 bridgehead atoms. The fourth-order valence-corrected chi connectivity index (χ4v) is 5.45. The van der Waals surface area contributed by atoms with Crippen LogP contribution < -0.4 is 24.2 Å². The number of anilines is 3. The van der Waals surface area contributed by atoms with Crippen LogP contribution in [0.2, 0.25) is 0 Å². The summed E-state index contributed by atoms with van der Waals surface area (Å²) in [5.74, 6) is 2.12. The number of pyridine rings is 1. The highest BCUT2D eigenvalue weighted by atomic mass is 32.2. The fourth-order valence-electron chi connectivity index (χ4n) is 3.92. The first-order valence-corrected chi connectivity index (χ1v) is 12.2. The van der Waals surface area contributed by atoms with Gasteiger partial charge in [0.05, 0.1) is 32.8 Å². The second-order valence-corrected chi connectivity index (χ2v) is 9.70. The largest absolute Gasteiger partial charge is 0.493 e. The number of ether oxygens (including phenoxy) is 3. The zero-order chi connectivity index (χ0) is 23.4. The zero-order valence-corrected chi connectivity index (χ0v) is 19.6. The molecule has 1 aliphatic carbocycles. The summed E-state index contributed by atoms with van der Waals surface area (Å²) in [4.78, 5) is 13.2. The first-order valence-electron chi connectivity index (χ1n) is 10.7. The van der Waals surface area contributed by atoms with Gasteiger partial charge in [-0.2, -0.15) is 0 Å². The van der Waals surface area contributed by atoms with Gasteiger partial charge in [0.1, 0.15) is 11.3 Å². The van der Waals surface area contributed by atoms with E-state index in [0.29, 0.717) is 52.8 Å². The van der Waals surface area contributed by atoms with E-state index < -0.39 is 10.0 Å². The molecule has 1 saturated carbocycles. The van der Waals surface area contributed by atoms with Gasteiger partial charge in [-0.1, -0.05) is 19.3 Å². The number of nitrogens with zero attached hydrogens (tertiary/aromatic N) is 3. The van der Waals surface area contributed by atoms with Crippen molar-refractivity contribution in [2.24, 2.45) is 0 Å². The standard InChI is InChI=1S/C22H27N5O5S/c1-30-17-11-14(12-18(31-2)21(17)32-3)24-20-13-23-16-9-10-19(25-22(16)26-20)27-33(28,29)15-7-5-4-6-8-15/h9-13,15H,4-8H2,1-3H3,(H2,24,25,26,27). The van der Waals surface area contributed by atoms with Crippen molar-refractivity contribution in [3.05, 3.63) is 30.5 Å². The number of hydrogen-bond donors (Lipinski definition) is 2. The normalized spacial score (nSPS) is 14.6. The number of fused-ring (bicyclic) bond motifs is 1. The molecule has 1 aromatic carbocycles. The minimum atomic E-state index is -3.50. The summed E-state index contributed by atoms with van der Waals surface area (Å²) in [5, 5.41) is 2.76. The number of rotatable bonds is 8. The van der Waals surface area contributed by atoms with E-state index in [0.717, 1.165) is 19.3 Å². The Hall–Kier alpha value is -3.34. The summed E-state index contributed by atoms with van der Waals surface area (Å²) in [6, 6.07) is 6.78. The molecule has 1 fully saturated rings. The van der Waals surface area contributed by atoms with Crippen LogP contribution in [-0.4, -0.2) is 49.9 Å². The van der Waals surface area contributed by atoms with Crippen molar-refractivity contribution in [2.45, 2.75) is 37.4 Å². The minimum absolute atomic E-state index is 0.229. The molecule has 2 N–H and O–H groups in total. The molecule has 1 aliphatic rings. The third-order valence-electron chi connectivity index (χ3n) is 5.58. The van der Waals surface area contributed by atoms with Crippen LogP contribution >= 0.6 is 0 Å². The maximum Gasteiger partial charge on any atom is 0.236 e. The number of nitrogens with one attached hydrogen (secondary N) is 2. The topological polar surface area (TPSA) is 125 Å². The molecule has 0 spiro atoms. The summed E-state index contributed by atoms with van der Waals surface area (Å²) in [6.07, 6.45) is 5.85. The summed E-state index contributed by atoms with van der Waals surface area (Å²) in [6.45, 7) is 0. The van der Waals surface area contributed by atoms with Crippen LogP contribution in [0.15, 0.2) is 30.5 Å². The van der Waals surface area contributed by atoms with Crippen molar-refractivity contribution in [1.82, 2.24) is 15.0 Å². The van der Waals surface area contributed by atoms with Gasteiger partial charge in [0.25, 0.3) is 0 Å². The predicted molar refractivity (Wildman–Crippen MR) is 126 cm³/mol. The smallest absolute Gasteiger partial charge is 0.236 e. The van der Waals surface area contributed by atoms with Crippen molar-refractivity contribution in [3.8, 4) is 17.2 Å². The van der Waals surface area contributed by atoms with Gasteiger partial charge < -0.3 is 19.5 Å². The first-order chi connectivity index (χ1) is 15.9. The molecular formula is C22H27N5O5S. The third-order valence-corrected chi connectivity index (χ3v) is 7.42. The quantitative estimate of drug-likeness (QED) is 0.501. The van der Waals surface area contributed by atoms with Gasteiger partial charge in [-0.25, -0.2) is 23.4 Å². The Morgan fingerprint density at radius 3 is 2.21 bits per heavy atom. The SMILES string of the molecule is COc1cc(Nc2cnc3ccc(NS(=O)(=O)C4CCCCC4)nc3n2)cc(OC)c1OC. The van der Waals surface area contributed by atoms with E-state index in [2.05, 4.69) is 25.0 Å². The highest BCUT2D eigenvalue weighted by Gasteiger charge is 2.27. The Morgan fingerprint density at radius 1 is 0.909 bits per heavy atom. The van der Waals surface area contributed by atoms with Gasteiger partial charge in [-0.05, 0) is 25.0 Å². The first kappa shape index (κ1) is 22.8. The Labute approximate surface area is 192 Å². The van der Waals surface area contributed by atoms with Crippen LogP contribution in [0.25, 0.3) is 11.2 Å². The number of benzene rings is 1. The van der Waals surface area contributed by atoms with Crippen molar-refractivity contribution in [2.75, 3.05) is 31.4 Å². The number of aromatic nitrogens is 3. The van der Waals surface area contributed by atoms with Crippen LogP contribution in [0.1, 0.15) is 32.1 Å². The van der Waals surface area contributed by atoms with Crippen molar-refractivity contribution in [3.63, 3.8) is 0 Å². The van der Waals surface area contributed by atoms with Crippen molar-refractivity contribution >= 4 is 38.5 Å². The Morgan fingerprint density at radius 2 is 1.58 bits per heavy atom. The van der Waals surface area contributed by atoms with E-state index in [4.69, 9.17) is 14.2 Å². The molecule has 4 rings (SSSR count). The van der Waals surface area contributed by atoms with Crippen LogP contribution in [0.4, 0.5) is 17.3 Å². The third kappa shape index (κ3) is 5.03. The molecule has 0 unspecified atom stereocenters. The van der Waals surface area contributed by atoms with E-state index in [1.54, 1.807) is 30.5 Å². The molecule has 176 valence electrons. The van der Waals surface area contributed by atoms with Crippen LogP contribution in [-0.2, 0) is 10.0 Å². The molecule has 11 heteroatoms. The maximum atomic E-state index is 12.7. The van der Waals surface area contributed by atoms with Crippen molar-refractivity contribution in [1.29, 1.82) is 0 Å². The molecule has 3 aromatic rings. The van der Waals surface area contributed by atoms with E-state index >= 15 is 0 Å². The lowest BCUT2D eigenvalue weighted by molar-refractivity contribution is 0.324. The van der Waals surface area contributed by atoms with Crippen LogP contribution in [0, 0.1) is 0 Å². The molecule has 2 aromatic heterocycles. The summed E-state index contributed by atoms with van der Waals surface area (Å²) in [7, 11) is 1.11. The molecule has 0 saturated heterocycles. The van der Waals surface area contributed by atoms with Crippen molar-refractivity contribution < 1.29 is 22.6 Å². The van der Waals surface area contributed by atoms with E-state index in [1.807, 2.05) is 0 Å². The Balaban J connectivity index is 1.59. The minimum Gasteiger partial charge on any atom is -0.493 e. The monoisotopic (exact) mass is 473 g/mol. The summed E-state index contributed by atoms with van der Waals surface area (Å²) in [5.41, 5.74) is 1.51. The molecule has 2 heterocycles. The second-order valence-electron chi connectivity index (χ2n) is 7.74. The van der Waals surface area contributed by atoms with Gasteiger partial charge in [0.2, 0.25) is 15.8 Å². The average Bonchev–Trinajstić information content (AvgIpc) is 2.83. The number of sulfonamides is 1. The predicted octanol–water partition coefficient (Wildman–Crippen LogP) is 3.87. The lowest BCUT2D eigenvalue weighted by Crippen LogP contribution is -2.30. The highest BCUT2D eigenvalue weighted by Crippen LogP contribution is 2.40. The molecule has 10 nitrogen and oxygen atoms in total. The zero-order valence-electron chi connectivity index (χ0n) is 18.8. The fraction of sp³-hybridized carbons (Fsp3) is 0.409. The van der Waals surface area contributed by atoms with Gasteiger partial charge in [0.15, 0.2) is 23.0 Å². The maximum absolute atomic E-state index is 12.7. The molecule has 0 aliphatic heterocycles. The number of methoxy groups -OCH3 is 3.